The summed E-state index contributed by atoms with van der Waals surface area (Å²) in [6.07, 6.45) is 3.99. The molecule has 1 amide bonds. The third kappa shape index (κ3) is 3.81. The topological polar surface area (TPSA) is 82.0 Å². The van der Waals surface area contributed by atoms with E-state index in [0.29, 0.717) is 17.7 Å². The van der Waals surface area contributed by atoms with Crippen LogP contribution >= 0.6 is 0 Å². The van der Waals surface area contributed by atoms with Crippen LogP contribution in [0.1, 0.15) is 42.6 Å². The van der Waals surface area contributed by atoms with Crippen LogP contribution in [0.2, 0.25) is 0 Å². The summed E-state index contributed by atoms with van der Waals surface area (Å²) in [5, 5.41) is 18.3. The van der Waals surface area contributed by atoms with E-state index in [4.69, 9.17) is 0 Å². The van der Waals surface area contributed by atoms with Crippen molar-refractivity contribution in [2.24, 2.45) is 5.10 Å². The highest BCUT2D eigenvalue weighted by Gasteiger charge is 2.32. The number of carbonyl (C=O) groups excluding carboxylic acids is 1. The monoisotopic (exact) mass is 377 g/mol. The SMILES string of the molecule is CCCC1=NN(c2ccccc2C(=O)O)C(=O)C1=CNc1ccccc1CC. The van der Waals surface area contributed by atoms with Gasteiger partial charge in [-0.3, -0.25) is 4.79 Å². The van der Waals surface area contributed by atoms with E-state index in [2.05, 4.69) is 17.3 Å². The first-order valence-corrected chi connectivity index (χ1v) is 9.36. The molecule has 0 saturated carbocycles. The molecule has 1 aliphatic heterocycles. The van der Waals surface area contributed by atoms with Gasteiger partial charge in [-0.1, -0.05) is 50.6 Å². The number of anilines is 2. The molecule has 0 bridgehead atoms. The Labute approximate surface area is 164 Å². The Balaban J connectivity index is 1.96. The molecule has 0 atom stereocenters. The smallest absolute Gasteiger partial charge is 0.337 e. The second kappa shape index (κ2) is 8.52. The van der Waals surface area contributed by atoms with Crippen molar-refractivity contribution in [3.63, 3.8) is 0 Å². The van der Waals surface area contributed by atoms with Crippen molar-refractivity contribution >= 4 is 29.0 Å². The van der Waals surface area contributed by atoms with E-state index in [1.54, 1.807) is 24.4 Å². The van der Waals surface area contributed by atoms with Crippen molar-refractivity contribution in [3.05, 3.63) is 71.4 Å². The van der Waals surface area contributed by atoms with Crippen molar-refractivity contribution in [1.29, 1.82) is 0 Å². The Bertz CT molecular complexity index is 963. The molecule has 2 aromatic rings. The highest BCUT2D eigenvalue weighted by molar-refractivity contribution is 6.31. The molecule has 6 heteroatoms. The largest absolute Gasteiger partial charge is 0.478 e. The standard InChI is InChI=1S/C22H23N3O3/c1-3-9-19-17(14-23-18-12-7-5-10-15(18)4-2)21(26)25(24-19)20-13-8-6-11-16(20)22(27)28/h5-8,10-14,23H,3-4,9H2,1-2H3,(H,27,28). The summed E-state index contributed by atoms with van der Waals surface area (Å²) < 4.78 is 0. The van der Waals surface area contributed by atoms with Gasteiger partial charge >= 0.3 is 5.97 Å². The maximum atomic E-state index is 13.1. The Morgan fingerprint density at radius 1 is 1.14 bits per heavy atom. The first-order valence-electron chi connectivity index (χ1n) is 9.36. The number of nitrogens with one attached hydrogen (secondary N) is 1. The predicted molar refractivity (Wildman–Crippen MR) is 111 cm³/mol. The lowest BCUT2D eigenvalue weighted by Gasteiger charge is -2.14. The molecule has 0 radical (unpaired) electrons. The molecule has 0 aliphatic carbocycles. The summed E-state index contributed by atoms with van der Waals surface area (Å²) in [7, 11) is 0. The Morgan fingerprint density at radius 2 is 1.86 bits per heavy atom. The predicted octanol–water partition coefficient (Wildman–Crippen LogP) is 4.45. The van der Waals surface area contributed by atoms with E-state index in [0.717, 1.165) is 24.1 Å². The zero-order chi connectivity index (χ0) is 20.1. The van der Waals surface area contributed by atoms with Crippen LogP contribution in [0.3, 0.4) is 0 Å². The van der Waals surface area contributed by atoms with Gasteiger partial charge in [0.15, 0.2) is 0 Å². The molecule has 0 aromatic heterocycles. The molecule has 3 rings (SSSR count). The van der Waals surface area contributed by atoms with Gasteiger partial charge in [0.25, 0.3) is 5.91 Å². The highest BCUT2D eigenvalue weighted by atomic mass is 16.4. The minimum Gasteiger partial charge on any atom is -0.478 e. The van der Waals surface area contributed by atoms with E-state index in [1.807, 2.05) is 31.2 Å². The van der Waals surface area contributed by atoms with Gasteiger partial charge in [-0.2, -0.15) is 10.1 Å². The van der Waals surface area contributed by atoms with Gasteiger partial charge in [-0.15, -0.1) is 0 Å². The molecule has 2 aromatic carbocycles. The van der Waals surface area contributed by atoms with E-state index in [-0.39, 0.29) is 17.2 Å². The Hall–Kier alpha value is -3.41. The fraction of sp³-hybridized carbons (Fsp3) is 0.227. The number of para-hydroxylation sites is 2. The van der Waals surface area contributed by atoms with E-state index in [1.165, 1.54) is 11.1 Å². The molecule has 0 spiro atoms. The molecule has 0 fully saturated rings. The number of amides is 1. The molecule has 1 aliphatic rings. The van der Waals surface area contributed by atoms with E-state index < -0.39 is 5.97 Å². The van der Waals surface area contributed by atoms with Crippen LogP contribution in [0.4, 0.5) is 11.4 Å². The molecule has 1 heterocycles. The minimum absolute atomic E-state index is 0.0426. The van der Waals surface area contributed by atoms with Gasteiger partial charge in [-0.25, -0.2) is 4.79 Å². The summed E-state index contributed by atoms with van der Waals surface area (Å²) in [4.78, 5) is 24.6. The summed E-state index contributed by atoms with van der Waals surface area (Å²) in [5.41, 5.74) is 3.49. The number of rotatable bonds is 7. The van der Waals surface area contributed by atoms with Crippen molar-refractivity contribution in [2.75, 3.05) is 10.3 Å². The van der Waals surface area contributed by atoms with Crippen LogP contribution in [0.15, 0.2) is 65.4 Å². The van der Waals surface area contributed by atoms with Crippen LogP contribution in [0.25, 0.3) is 0 Å². The zero-order valence-electron chi connectivity index (χ0n) is 16.0. The van der Waals surface area contributed by atoms with Crippen LogP contribution in [-0.2, 0) is 11.2 Å². The second-order valence-corrected chi connectivity index (χ2v) is 6.45. The van der Waals surface area contributed by atoms with Gasteiger partial charge in [0.05, 0.1) is 22.5 Å². The molecule has 0 saturated heterocycles. The Morgan fingerprint density at radius 3 is 2.57 bits per heavy atom. The third-order valence-corrected chi connectivity index (χ3v) is 4.57. The molecule has 28 heavy (non-hydrogen) atoms. The fourth-order valence-corrected chi connectivity index (χ4v) is 3.15. The number of hydrogen-bond donors (Lipinski definition) is 2. The van der Waals surface area contributed by atoms with E-state index in [9.17, 15) is 14.7 Å². The van der Waals surface area contributed by atoms with E-state index >= 15 is 0 Å². The van der Waals surface area contributed by atoms with Gasteiger partial charge in [0.2, 0.25) is 0 Å². The molecular formula is C22H23N3O3. The number of aryl methyl sites for hydroxylation is 1. The number of hydrazone groups is 1. The quantitative estimate of drug-likeness (QED) is 0.699. The molecular weight excluding hydrogens is 354 g/mol. The number of hydrogen-bond acceptors (Lipinski definition) is 4. The maximum Gasteiger partial charge on any atom is 0.337 e. The molecule has 0 unspecified atom stereocenters. The summed E-state index contributed by atoms with van der Waals surface area (Å²) in [6, 6.07) is 14.3. The highest BCUT2D eigenvalue weighted by Crippen LogP contribution is 2.28. The second-order valence-electron chi connectivity index (χ2n) is 6.45. The van der Waals surface area contributed by atoms with Gasteiger partial charge in [0.1, 0.15) is 0 Å². The molecule has 144 valence electrons. The average molecular weight is 377 g/mol. The van der Waals surface area contributed by atoms with Crippen LogP contribution in [0.5, 0.6) is 0 Å². The van der Waals surface area contributed by atoms with Crippen LogP contribution in [-0.4, -0.2) is 22.7 Å². The summed E-state index contributed by atoms with van der Waals surface area (Å²) >= 11 is 0. The first kappa shape index (κ1) is 19.4. The number of carboxylic acids is 1. The van der Waals surface area contributed by atoms with Crippen molar-refractivity contribution < 1.29 is 14.7 Å². The lowest BCUT2D eigenvalue weighted by atomic mass is 10.1. The number of benzene rings is 2. The van der Waals surface area contributed by atoms with Crippen molar-refractivity contribution in [3.8, 4) is 0 Å². The van der Waals surface area contributed by atoms with Gasteiger partial charge in [-0.05, 0) is 36.6 Å². The molecule has 6 nitrogen and oxygen atoms in total. The zero-order valence-corrected chi connectivity index (χ0v) is 16.0. The maximum absolute atomic E-state index is 13.1. The summed E-state index contributed by atoms with van der Waals surface area (Å²) in [6.45, 7) is 4.08. The third-order valence-electron chi connectivity index (χ3n) is 4.57. The number of nitrogens with zero attached hydrogens (tertiary/aromatic N) is 2. The molecule has 2 N–H and O–H groups in total. The average Bonchev–Trinajstić information content (AvgIpc) is 3.02. The first-order chi connectivity index (χ1) is 13.6. The minimum atomic E-state index is -1.09. The van der Waals surface area contributed by atoms with Gasteiger partial charge in [0, 0.05) is 11.9 Å². The van der Waals surface area contributed by atoms with Crippen LogP contribution < -0.4 is 10.3 Å². The number of carbonyl (C=O) groups is 2. The van der Waals surface area contributed by atoms with Crippen LogP contribution in [0, 0.1) is 0 Å². The number of aromatic carboxylic acids is 1. The van der Waals surface area contributed by atoms with Gasteiger partial charge < -0.3 is 10.4 Å². The number of carboxylic acid groups (broad SMARTS) is 1. The fourth-order valence-electron chi connectivity index (χ4n) is 3.15. The lowest BCUT2D eigenvalue weighted by Crippen LogP contribution is -2.24. The normalized spacial score (nSPS) is 15.1. The lowest BCUT2D eigenvalue weighted by molar-refractivity contribution is -0.114. The Kier molecular flexibility index (Phi) is 5.89. The van der Waals surface area contributed by atoms with Crippen molar-refractivity contribution in [1.82, 2.24) is 0 Å². The summed E-state index contributed by atoms with van der Waals surface area (Å²) in [5.74, 6) is -1.43. The van der Waals surface area contributed by atoms with Crippen molar-refractivity contribution in [2.45, 2.75) is 33.1 Å².